The molecule has 1 aliphatic heterocycles. The molecule has 2 heterocycles. The van der Waals surface area contributed by atoms with Gasteiger partial charge in [0.2, 0.25) is 5.90 Å². The zero-order valence-corrected chi connectivity index (χ0v) is 19.1. The number of aryl methyl sites for hydroxylation is 4. The number of hydrogen-bond donors (Lipinski definition) is 0. The highest BCUT2D eigenvalue weighted by Crippen LogP contribution is 2.22. The summed E-state index contributed by atoms with van der Waals surface area (Å²) in [5.74, 6) is 2.78. The monoisotopic (exact) mass is 418 g/mol. The number of aromatic nitrogens is 1. The van der Waals surface area contributed by atoms with Crippen molar-refractivity contribution < 1.29 is 4.74 Å². The minimum Gasteiger partial charge on any atom is -0.474 e. The molecule has 0 saturated heterocycles. The standard InChI is InChI=1S/C26H30N2OS/c1-18-7-9-22(10-8-18)16-30-17-23-15-29-26(27-23)25-6-5-11-28(25)14-24-20(3)12-19(2)13-21(24)4/h5-13,23H,14-17H2,1-4H3/t23-/m0/s1. The second kappa shape index (κ2) is 9.13. The zero-order valence-electron chi connectivity index (χ0n) is 18.3. The van der Waals surface area contributed by atoms with Gasteiger partial charge in [0, 0.05) is 24.2 Å². The Morgan fingerprint density at radius 2 is 1.73 bits per heavy atom. The van der Waals surface area contributed by atoms with E-state index in [0.29, 0.717) is 6.61 Å². The summed E-state index contributed by atoms with van der Waals surface area (Å²) >= 11 is 1.93. The van der Waals surface area contributed by atoms with Crippen LogP contribution in [0.2, 0.25) is 0 Å². The molecule has 0 aliphatic carbocycles. The molecule has 156 valence electrons. The summed E-state index contributed by atoms with van der Waals surface area (Å²) in [6, 6.07) is 17.7. The summed E-state index contributed by atoms with van der Waals surface area (Å²) in [5, 5.41) is 0. The van der Waals surface area contributed by atoms with Gasteiger partial charge in [-0.15, -0.1) is 0 Å². The number of thioether (sulfide) groups is 1. The predicted octanol–water partition coefficient (Wildman–Crippen LogP) is 5.85. The third-order valence-corrected chi connectivity index (χ3v) is 6.79. The lowest BCUT2D eigenvalue weighted by Gasteiger charge is -2.14. The van der Waals surface area contributed by atoms with E-state index >= 15 is 0 Å². The molecule has 30 heavy (non-hydrogen) atoms. The summed E-state index contributed by atoms with van der Waals surface area (Å²) in [5.41, 5.74) is 9.12. The number of hydrogen-bond acceptors (Lipinski definition) is 3. The third-order valence-electron chi connectivity index (χ3n) is 5.63. The Kier molecular flexibility index (Phi) is 6.33. The quantitative estimate of drug-likeness (QED) is 0.481. The highest BCUT2D eigenvalue weighted by molar-refractivity contribution is 7.98. The molecule has 0 radical (unpaired) electrons. The molecule has 0 bridgehead atoms. The van der Waals surface area contributed by atoms with Gasteiger partial charge in [0.05, 0.1) is 6.04 Å². The maximum absolute atomic E-state index is 6.00. The van der Waals surface area contributed by atoms with Gasteiger partial charge in [-0.05, 0) is 62.1 Å². The molecule has 3 aromatic rings. The number of ether oxygens (including phenoxy) is 1. The second-order valence-electron chi connectivity index (χ2n) is 8.30. The predicted molar refractivity (Wildman–Crippen MR) is 128 cm³/mol. The first-order valence-corrected chi connectivity index (χ1v) is 11.7. The molecule has 0 unspecified atom stereocenters. The van der Waals surface area contributed by atoms with Crippen LogP contribution in [0.15, 0.2) is 59.7 Å². The number of aliphatic imine (C=N–C) groups is 1. The first kappa shape index (κ1) is 20.8. The minimum absolute atomic E-state index is 0.224. The van der Waals surface area contributed by atoms with E-state index < -0.39 is 0 Å². The molecule has 4 rings (SSSR count). The molecule has 2 aromatic carbocycles. The molecular weight excluding hydrogens is 388 g/mol. The van der Waals surface area contributed by atoms with E-state index in [9.17, 15) is 0 Å². The second-order valence-corrected chi connectivity index (χ2v) is 9.33. The molecule has 0 amide bonds. The van der Waals surface area contributed by atoms with Crippen LogP contribution in [-0.4, -0.2) is 28.9 Å². The van der Waals surface area contributed by atoms with Crippen molar-refractivity contribution in [3.63, 3.8) is 0 Å². The molecule has 0 spiro atoms. The average Bonchev–Trinajstić information content (AvgIpc) is 3.35. The molecule has 1 atom stereocenters. The van der Waals surface area contributed by atoms with Gasteiger partial charge in [-0.2, -0.15) is 11.8 Å². The normalized spacial score (nSPS) is 15.9. The van der Waals surface area contributed by atoms with Crippen LogP contribution in [0.3, 0.4) is 0 Å². The van der Waals surface area contributed by atoms with Crippen molar-refractivity contribution in [2.75, 3.05) is 12.4 Å². The third kappa shape index (κ3) is 4.81. The number of nitrogens with zero attached hydrogens (tertiary/aromatic N) is 2. The summed E-state index contributed by atoms with van der Waals surface area (Å²) in [7, 11) is 0. The van der Waals surface area contributed by atoms with Gasteiger partial charge in [0.1, 0.15) is 12.3 Å². The van der Waals surface area contributed by atoms with Crippen molar-refractivity contribution in [1.29, 1.82) is 0 Å². The van der Waals surface area contributed by atoms with Gasteiger partial charge >= 0.3 is 0 Å². The van der Waals surface area contributed by atoms with Crippen molar-refractivity contribution in [2.24, 2.45) is 4.99 Å². The summed E-state index contributed by atoms with van der Waals surface area (Å²) in [6.45, 7) is 10.2. The summed E-state index contributed by atoms with van der Waals surface area (Å²) in [4.78, 5) is 4.89. The van der Waals surface area contributed by atoms with Gasteiger partial charge in [-0.3, -0.25) is 0 Å². The molecule has 0 saturated carbocycles. The van der Waals surface area contributed by atoms with Gasteiger partial charge in [0.25, 0.3) is 0 Å². The van der Waals surface area contributed by atoms with E-state index in [4.69, 9.17) is 9.73 Å². The van der Waals surface area contributed by atoms with Crippen LogP contribution in [0, 0.1) is 27.7 Å². The van der Waals surface area contributed by atoms with Crippen molar-refractivity contribution in [3.05, 3.63) is 93.8 Å². The van der Waals surface area contributed by atoms with E-state index in [1.54, 1.807) is 0 Å². The van der Waals surface area contributed by atoms with E-state index in [1.165, 1.54) is 33.4 Å². The minimum atomic E-state index is 0.224. The fourth-order valence-corrected chi connectivity index (χ4v) is 5.00. The molecule has 1 aromatic heterocycles. The Morgan fingerprint density at radius 1 is 1.00 bits per heavy atom. The van der Waals surface area contributed by atoms with E-state index in [1.807, 2.05) is 11.8 Å². The SMILES string of the molecule is Cc1ccc(CSC[C@@H]2COC(c3cccn3Cc3c(C)cc(C)cc3C)=N2)cc1. The molecule has 3 nitrogen and oxygen atoms in total. The van der Waals surface area contributed by atoms with Crippen molar-refractivity contribution >= 4 is 17.7 Å². The molecule has 4 heteroatoms. The number of rotatable bonds is 7. The molecule has 0 fully saturated rings. The van der Waals surface area contributed by atoms with Crippen LogP contribution >= 0.6 is 11.8 Å². The first-order chi connectivity index (χ1) is 14.5. The van der Waals surface area contributed by atoms with E-state index in [-0.39, 0.29) is 6.04 Å². The lowest BCUT2D eigenvalue weighted by molar-refractivity contribution is 0.323. The average molecular weight is 419 g/mol. The Bertz CT molecular complexity index is 1030. The molecular formula is C26H30N2OS. The van der Waals surface area contributed by atoms with Crippen LogP contribution in [0.1, 0.15) is 39.1 Å². The Hall–Kier alpha value is -2.46. The summed E-state index contributed by atoms with van der Waals surface area (Å²) < 4.78 is 8.26. The first-order valence-electron chi connectivity index (χ1n) is 10.6. The van der Waals surface area contributed by atoms with Crippen LogP contribution in [0.25, 0.3) is 0 Å². The van der Waals surface area contributed by atoms with E-state index in [2.05, 4.69) is 87.0 Å². The van der Waals surface area contributed by atoms with Gasteiger partial charge in [0.15, 0.2) is 0 Å². The fraction of sp³-hybridized carbons (Fsp3) is 0.346. The molecule has 0 N–H and O–H groups in total. The van der Waals surface area contributed by atoms with Gasteiger partial charge in [-0.25, -0.2) is 4.99 Å². The van der Waals surface area contributed by atoms with Crippen molar-refractivity contribution in [3.8, 4) is 0 Å². The smallest absolute Gasteiger partial charge is 0.233 e. The Labute approximate surface area is 184 Å². The Morgan fingerprint density at radius 3 is 2.47 bits per heavy atom. The van der Waals surface area contributed by atoms with Crippen molar-refractivity contribution in [1.82, 2.24) is 4.57 Å². The van der Waals surface area contributed by atoms with Crippen LogP contribution in [0.4, 0.5) is 0 Å². The number of benzene rings is 2. The highest BCUT2D eigenvalue weighted by Gasteiger charge is 2.22. The Balaban J connectivity index is 1.41. The zero-order chi connectivity index (χ0) is 21.1. The van der Waals surface area contributed by atoms with Crippen LogP contribution < -0.4 is 0 Å². The largest absolute Gasteiger partial charge is 0.474 e. The van der Waals surface area contributed by atoms with Gasteiger partial charge < -0.3 is 9.30 Å². The van der Waals surface area contributed by atoms with Crippen LogP contribution in [-0.2, 0) is 17.0 Å². The molecule has 1 aliphatic rings. The fourth-order valence-electron chi connectivity index (χ4n) is 4.01. The highest BCUT2D eigenvalue weighted by atomic mass is 32.2. The van der Waals surface area contributed by atoms with Gasteiger partial charge in [-0.1, -0.05) is 47.5 Å². The lowest BCUT2D eigenvalue weighted by atomic mass is 10.00. The van der Waals surface area contributed by atoms with Crippen molar-refractivity contribution in [2.45, 2.75) is 46.0 Å². The summed E-state index contributed by atoms with van der Waals surface area (Å²) in [6.07, 6.45) is 2.12. The lowest BCUT2D eigenvalue weighted by Crippen LogP contribution is -2.12. The maximum atomic E-state index is 6.00. The topological polar surface area (TPSA) is 26.5 Å². The maximum Gasteiger partial charge on any atom is 0.233 e. The van der Waals surface area contributed by atoms with E-state index in [0.717, 1.165) is 29.6 Å². The van der Waals surface area contributed by atoms with Crippen LogP contribution in [0.5, 0.6) is 0 Å².